The molecule has 8 heteroatoms. The van der Waals surface area contributed by atoms with Crippen molar-refractivity contribution in [3.63, 3.8) is 0 Å². The van der Waals surface area contributed by atoms with E-state index in [-0.39, 0.29) is 16.4 Å². The van der Waals surface area contributed by atoms with Crippen molar-refractivity contribution in [2.45, 2.75) is 76.2 Å². The van der Waals surface area contributed by atoms with Crippen molar-refractivity contribution in [2.75, 3.05) is 0 Å². The number of esters is 1. The molecule has 0 spiro atoms. The molecule has 184 valence electrons. The summed E-state index contributed by atoms with van der Waals surface area (Å²) in [5, 5.41) is 5.08. The Morgan fingerprint density at radius 2 is 1.59 bits per heavy atom. The number of unbranched alkanes of at least 4 members (excludes halogenated alkanes) is 5. The number of carbonyl (C=O) groups excluding carboxylic acids is 1. The SMILES string of the molecule is CC(C)(C)OC(=O)CCCCCCCC#Cc1cc(Oc2ccc(S(N)(=O)=O)cc2)ccc1F. The molecule has 0 amide bonds. The summed E-state index contributed by atoms with van der Waals surface area (Å²) in [5.74, 6) is 6.02. The van der Waals surface area contributed by atoms with Crippen molar-refractivity contribution in [3.05, 3.63) is 53.8 Å². The predicted octanol–water partition coefficient (Wildman–Crippen LogP) is 5.69. The van der Waals surface area contributed by atoms with Gasteiger partial charge in [0, 0.05) is 12.8 Å². The van der Waals surface area contributed by atoms with Gasteiger partial charge in [-0.25, -0.2) is 17.9 Å². The van der Waals surface area contributed by atoms with Crippen LogP contribution in [0.25, 0.3) is 0 Å². The van der Waals surface area contributed by atoms with Crippen molar-refractivity contribution >= 4 is 16.0 Å². The molecule has 2 rings (SSSR count). The molecule has 2 aromatic carbocycles. The molecule has 6 nitrogen and oxygen atoms in total. The van der Waals surface area contributed by atoms with Gasteiger partial charge >= 0.3 is 5.97 Å². The number of ether oxygens (including phenoxy) is 2. The molecule has 0 radical (unpaired) electrons. The molecule has 0 aliphatic heterocycles. The van der Waals surface area contributed by atoms with Crippen LogP contribution in [0, 0.1) is 17.7 Å². The minimum Gasteiger partial charge on any atom is -0.460 e. The third-order valence-electron chi connectivity index (χ3n) is 4.65. The molecular weight excluding hydrogens is 457 g/mol. The van der Waals surface area contributed by atoms with Crippen LogP contribution in [-0.4, -0.2) is 20.0 Å². The van der Waals surface area contributed by atoms with Crippen LogP contribution in [-0.2, 0) is 19.6 Å². The Morgan fingerprint density at radius 3 is 2.24 bits per heavy atom. The van der Waals surface area contributed by atoms with E-state index < -0.39 is 21.4 Å². The lowest BCUT2D eigenvalue weighted by Gasteiger charge is -2.19. The van der Waals surface area contributed by atoms with E-state index >= 15 is 0 Å². The van der Waals surface area contributed by atoms with Crippen LogP contribution in [0.2, 0.25) is 0 Å². The van der Waals surface area contributed by atoms with Gasteiger partial charge < -0.3 is 9.47 Å². The van der Waals surface area contributed by atoms with Crippen molar-refractivity contribution in [1.82, 2.24) is 0 Å². The number of carbonyl (C=O) groups is 1. The standard InChI is InChI=1S/C26H32FNO5S/c1-26(2,3)33-25(29)12-10-8-6-4-5-7-9-11-20-19-22(15-18-24(20)27)32-21-13-16-23(17-14-21)34(28,30)31/h13-19H,4-8,10,12H2,1-3H3,(H2,28,30,31). The number of sulfonamides is 1. The molecule has 2 aromatic rings. The van der Waals surface area contributed by atoms with E-state index in [4.69, 9.17) is 14.6 Å². The monoisotopic (exact) mass is 489 g/mol. The molecule has 0 aromatic heterocycles. The lowest BCUT2D eigenvalue weighted by atomic mass is 10.1. The molecule has 34 heavy (non-hydrogen) atoms. The van der Waals surface area contributed by atoms with Crippen molar-refractivity contribution in [2.24, 2.45) is 5.14 Å². The zero-order chi connectivity index (χ0) is 25.2. The van der Waals surface area contributed by atoms with Gasteiger partial charge in [0.25, 0.3) is 0 Å². The van der Waals surface area contributed by atoms with Gasteiger partial charge in [0.15, 0.2) is 0 Å². The first-order valence-corrected chi connectivity index (χ1v) is 12.8. The average molecular weight is 490 g/mol. The molecule has 0 heterocycles. The van der Waals surface area contributed by atoms with Crippen molar-refractivity contribution in [1.29, 1.82) is 0 Å². The number of halogens is 1. The lowest BCUT2D eigenvalue weighted by molar-refractivity contribution is -0.154. The van der Waals surface area contributed by atoms with Gasteiger partial charge in [-0.2, -0.15) is 0 Å². The van der Waals surface area contributed by atoms with Crippen LogP contribution in [0.1, 0.15) is 71.3 Å². The van der Waals surface area contributed by atoms with Crippen LogP contribution >= 0.6 is 0 Å². The second-order valence-electron chi connectivity index (χ2n) is 8.92. The molecule has 0 fully saturated rings. The minimum absolute atomic E-state index is 0.0199. The first-order chi connectivity index (χ1) is 15.9. The van der Waals surface area contributed by atoms with E-state index in [0.717, 1.165) is 32.1 Å². The van der Waals surface area contributed by atoms with Gasteiger partial charge in [-0.1, -0.05) is 31.1 Å². The van der Waals surface area contributed by atoms with Gasteiger partial charge in [0.1, 0.15) is 22.9 Å². The highest BCUT2D eigenvalue weighted by Crippen LogP contribution is 2.24. The van der Waals surface area contributed by atoms with Gasteiger partial charge in [0.05, 0.1) is 10.5 Å². The summed E-state index contributed by atoms with van der Waals surface area (Å²) in [6.45, 7) is 5.58. The smallest absolute Gasteiger partial charge is 0.306 e. The molecule has 0 saturated carbocycles. The normalized spacial score (nSPS) is 11.4. The summed E-state index contributed by atoms with van der Waals surface area (Å²) in [4.78, 5) is 11.6. The minimum atomic E-state index is -3.78. The molecule has 0 aliphatic carbocycles. The second-order valence-corrected chi connectivity index (χ2v) is 10.5. The molecule has 0 saturated heterocycles. The molecular formula is C26H32FNO5S. The summed E-state index contributed by atoms with van der Waals surface area (Å²) in [6.07, 6.45) is 5.74. The quantitative estimate of drug-likeness (QED) is 0.263. The maximum absolute atomic E-state index is 14.1. The molecule has 0 aliphatic rings. The summed E-state index contributed by atoms with van der Waals surface area (Å²) in [6, 6.07) is 9.89. The van der Waals surface area contributed by atoms with E-state index in [9.17, 15) is 17.6 Å². The fourth-order valence-electron chi connectivity index (χ4n) is 3.06. The average Bonchev–Trinajstić information content (AvgIpc) is 2.73. The molecule has 2 N–H and O–H groups in total. The highest BCUT2D eigenvalue weighted by molar-refractivity contribution is 7.89. The first-order valence-electron chi connectivity index (χ1n) is 11.2. The van der Waals surface area contributed by atoms with Gasteiger partial charge in [0.2, 0.25) is 10.0 Å². The largest absolute Gasteiger partial charge is 0.460 e. The third-order valence-corrected chi connectivity index (χ3v) is 5.58. The Balaban J connectivity index is 1.76. The Kier molecular flexibility index (Phi) is 10.1. The van der Waals surface area contributed by atoms with Crippen LogP contribution in [0.3, 0.4) is 0 Å². The van der Waals surface area contributed by atoms with Crippen LogP contribution < -0.4 is 9.88 Å². The fourth-order valence-corrected chi connectivity index (χ4v) is 3.58. The zero-order valence-corrected chi connectivity index (χ0v) is 20.7. The molecule has 0 atom stereocenters. The maximum atomic E-state index is 14.1. The summed E-state index contributed by atoms with van der Waals surface area (Å²) < 4.78 is 47.7. The van der Waals surface area contributed by atoms with Crippen molar-refractivity contribution < 1.29 is 27.1 Å². The summed E-state index contributed by atoms with van der Waals surface area (Å²) >= 11 is 0. The number of rotatable bonds is 10. The summed E-state index contributed by atoms with van der Waals surface area (Å²) in [7, 11) is -3.78. The van der Waals surface area contributed by atoms with Gasteiger partial charge in [-0.15, -0.1) is 0 Å². The highest BCUT2D eigenvalue weighted by atomic mass is 32.2. The second kappa shape index (κ2) is 12.5. The maximum Gasteiger partial charge on any atom is 0.306 e. The van der Waals surface area contributed by atoms with Crippen LogP contribution in [0.5, 0.6) is 11.5 Å². The highest BCUT2D eigenvalue weighted by Gasteiger charge is 2.15. The zero-order valence-electron chi connectivity index (χ0n) is 19.9. The first kappa shape index (κ1) is 27.4. The number of nitrogens with two attached hydrogens (primary N) is 1. The molecule has 0 bridgehead atoms. The Morgan fingerprint density at radius 1 is 0.971 bits per heavy atom. The van der Waals surface area contributed by atoms with E-state index in [2.05, 4.69) is 11.8 Å². The van der Waals surface area contributed by atoms with Gasteiger partial charge in [-0.3, -0.25) is 4.79 Å². The fraction of sp³-hybridized carbons (Fsp3) is 0.423. The van der Waals surface area contributed by atoms with E-state index in [1.165, 1.54) is 42.5 Å². The Hall–Kier alpha value is -2.89. The Labute approximate surface area is 201 Å². The summed E-state index contributed by atoms with van der Waals surface area (Å²) in [5.41, 5.74) is -0.210. The van der Waals surface area contributed by atoms with E-state index in [1.807, 2.05) is 20.8 Å². The Bertz CT molecular complexity index is 1130. The lowest BCUT2D eigenvalue weighted by Crippen LogP contribution is -2.23. The third kappa shape index (κ3) is 10.4. The number of hydrogen-bond acceptors (Lipinski definition) is 5. The molecule has 0 unspecified atom stereocenters. The van der Waals surface area contributed by atoms with E-state index in [1.54, 1.807) is 0 Å². The predicted molar refractivity (Wildman–Crippen MR) is 129 cm³/mol. The van der Waals surface area contributed by atoms with Crippen molar-refractivity contribution in [3.8, 4) is 23.3 Å². The van der Waals surface area contributed by atoms with Crippen LogP contribution in [0.4, 0.5) is 4.39 Å². The topological polar surface area (TPSA) is 95.7 Å². The van der Waals surface area contributed by atoms with Crippen LogP contribution in [0.15, 0.2) is 47.4 Å². The number of hydrogen-bond donors (Lipinski definition) is 1. The van der Waals surface area contributed by atoms with Gasteiger partial charge in [-0.05, 0) is 76.1 Å². The number of benzene rings is 2. The van der Waals surface area contributed by atoms with E-state index in [0.29, 0.717) is 24.3 Å². The number of primary sulfonamides is 1.